The molecular formula is C29H29ClF2N4O4. The van der Waals surface area contributed by atoms with Crippen LogP contribution in [0.3, 0.4) is 0 Å². The third-order valence-electron chi connectivity index (χ3n) is 7.36. The monoisotopic (exact) mass is 570 g/mol. The Bertz CT molecular complexity index is 1440. The molecule has 1 fully saturated rings. The number of aliphatic hydroxyl groups excluding tert-OH is 1. The normalized spacial score (nSPS) is 24.5. The Kier molecular flexibility index (Phi) is 7.91. The molecule has 1 N–H and O–H groups in total. The first-order valence-electron chi connectivity index (χ1n) is 12.9. The number of pyridine rings is 1. The lowest BCUT2D eigenvalue weighted by Crippen LogP contribution is -2.48. The Morgan fingerprint density at radius 1 is 1.20 bits per heavy atom. The molecule has 3 atom stereocenters. The van der Waals surface area contributed by atoms with Crippen LogP contribution in [0.2, 0.25) is 5.02 Å². The maximum Gasteiger partial charge on any atom is 0.267 e. The number of carbonyl (C=O) groups excluding carboxylic acids is 1. The molecule has 1 amide bonds. The number of nitrogens with zero attached hydrogens (tertiary/aromatic N) is 4. The van der Waals surface area contributed by atoms with Gasteiger partial charge in [0.15, 0.2) is 5.88 Å². The molecule has 0 radical (unpaired) electrons. The summed E-state index contributed by atoms with van der Waals surface area (Å²) in [6.07, 6.45) is 5.48. The van der Waals surface area contributed by atoms with Gasteiger partial charge in [-0.05, 0) is 56.2 Å². The molecule has 2 aromatic rings. The van der Waals surface area contributed by atoms with Gasteiger partial charge in [0, 0.05) is 37.9 Å². The van der Waals surface area contributed by atoms with Crippen LogP contribution in [0.15, 0.2) is 76.6 Å². The van der Waals surface area contributed by atoms with E-state index >= 15 is 0 Å². The Labute approximate surface area is 235 Å². The van der Waals surface area contributed by atoms with E-state index < -0.39 is 29.7 Å². The molecule has 3 unspecified atom stereocenters. The largest absolute Gasteiger partial charge is 0.495 e. The lowest BCUT2D eigenvalue weighted by Gasteiger charge is -2.38. The second-order valence-electron chi connectivity index (χ2n) is 9.78. The Morgan fingerprint density at radius 3 is 2.62 bits per heavy atom. The van der Waals surface area contributed by atoms with E-state index in [-0.39, 0.29) is 40.5 Å². The summed E-state index contributed by atoms with van der Waals surface area (Å²) in [6, 6.07) is 6.15. The lowest BCUT2D eigenvalue weighted by molar-refractivity contribution is -0.124. The summed E-state index contributed by atoms with van der Waals surface area (Å²) in [5, 5.41) is 11.7. The first-order chi connectivity index (χ1) is 19.2. The van der Waals surface area contributed by atoms with Gasteiger partial charge in [0.1, 0.15) is 34.9 Å². The van der Waals surface area contributed by atoms with Crippen molar-refractivity contribution in [2.45, 2.75) is 37.8 Å². The molecule has 11 heteroatoms. The maximum absolute atomic E-state index is 14.6. The number of rotatable bonds is 6. The van der Waals surface area contributed by atoms with Crippen molar-refractivity contribution < 1.29 is 28.2 Å². The molecule has 0 bridgehead atoms. The number of aliphatic imine (C=N–C) groups is 1. The fourth-order valence-electron chi connectivity index (χ4n) is 5.37. The second kappa shape index (κ2) is 11.4. The number of ether oxygens (including phenoxy) is 2. The molecule has 3 aliphatic rings. The lowest BCUT2D eigenvalue weighted by atomic mass is 9.98. The minimum absolute atomic E-state index is 0.0726. The smallest absolute Gasteiger partial charge is 0.267 e. The summed E-state index contributed by atoms with van der Waals surface area (Å²) < 4.78 is 39.6. The number of carbonyl (C=O) groups is 1. The van der Waals surface area contributed by atoms with Gasteiger partial charge in [0.05, 0.1) is 29.6 Å². The highest BCUT2D eigenvalue weighted by molar-refractivity contribution is 6.30. The van der Waals surface area contributed by atoms with E-state index in [1.807, 2.05) is 6.08 Å². The molecule has 210 valence electrons. The van der Waals surface area contributed by atoms with Crippen molar-refractivity contribution in [3.05, 3.63) is 99.5 Å². The number of benzene rings is 1. The third-order valence-corrected chi connectivity index (χ3v) is 7.56. The zero-order chi connectivity index (χ0) is 28.6. The number of halogens is 3. The average molecular weight is 571 g/mol. The van der Waals surface area contributed by atoms with Gasteiger partial charge >= 0.3 is 0 Å². The van der Waals surface area contributed by atoms with Gasteiger partial charge in [0.25, 0.3) is 5.91 Å². The molecule has 1 saturated heterocycles. The zero-order valence-electron chi connectivity index (χ0n) is 22.3. The quantitative estimate of drug-likeness (QED) is 0.385. The van der Waals surface area contributed by atoms with Crippen molar-refractivity contribution in [2.24, 2.45) is 4.99 Å². The molecule has 8 nitrogen and oxygen atoms in total. The molecule has 1 aromatic heterocycles. The van der Waals surface area contributed by atoms with Crippen LogP contribution in [0.4, 0.5) is 8.78 Å². The number of aromatic nitrogens is 1. The van der Waals surface area contributed by atoms with Crippen molar-refractivity contribution in [3.63, 3.8) is 0 Å². The van der Waals surface area contributed by atoms with Crippen molar-refractivity contribution in [1.82, 2.24) is 14.8 Å². The third kappa shape index (κ3) is 5.09. The van der Waals surface area contributed by atoms with Crippen molar-refractivity contribution in [3.8, 4) is 0 Å². The van der Waals surface area contributed by atoms with Crippen molar-refractivity contribution >= 4 is 23.3 Å². The summed E-state index contributed by atoms with van der Waals surface area (Å²) >= 11 is 5.86. The Hall–Kier alpha value is -3.76. The Balaban J connectivity index is 1.58. The van der Waals surface area contributed by atoms with E-state index in [0.29, 0.717) is 36.4 Å². The van der Waals surface area contributed by atoms with Crippen LogP contribution >= 0.6 is 11.6 Å². The fourth-order valence-corrected chi connectivity index (χ4v) is 5.51. The Morgan fingerprint density at radius 2 is 1.95 bits per heavy atom. The molecule has 40 heavy (non-hydrogen) atoms. The minimum Gasteiger partial charge on any atom is -0.495 e. The molecule has 0 saturated carbocycles. The summed E-state index contributed by atoms with van der Waals surface area (Å²) in [7, 11) is 3.03. The van der Waals surface area contributed by atoms with Crippen LogP contribution in [0.25, 0.3) is 0 Å². The molecule has 0 spiro atoms. The van der Waals surface area contributed by atoms with E-state index in [1.54, 1.807) is 30.0 Å². The minimum atomic E-state index is -0.736. The van der Waals surface area contributed by atoms with Crippen LogP contribution in [-0.2, 0) is 14.3 Å². The number of aliphatic hydroxyl groups is 1. The number of hydrogen-bond acceptors (Lipinski definition) is 7. The summed E-state index contributed by atoms with van der Waals surface area (Å²) in [5.74, 6) is -1.30. The number of allylic oxidation sites excluding steroid dienone is 1. The topological polar surface area (TPSA) is 87.5 Å². The van der Waals surface area contributed by atoms with Gasteiger partial charge in [-0.2, -0.15) is 0 Å². The summed E-state index contributed by atoms with van der Waals surface area (Å²) in [5.41, 5.74) is 1.27. The van der Waals surface area contributed by atoms with E-state index in [0.717, 1.165) is 0 Å². The maximum atomic E-state index is 14.6. The van der Waals surface area contributed by atoms with Crippen molar-refractivity contribution in [1.29, 1.82) is 0 Å². The SMILES string of the molecule is COC1=C(N2C(=O)C(=C(O)N3CCC(c4ncc(Cl)cc4F)C3)C(C)N=C2c2ccc(F)cc2)C(OC)CC=C1. The first kappa shape index (κ1) is 27.8. The van der Waals surface area contributed by atoms with Gasteiger partial charge in [-0.25, -0.2) is 8.78 Å². The standard InChI is InChI=1S/C29H29ClF2N4O4/c1-16-24(28(37)35-12-11-18(15-35)25-21(32)13-19(30)14-33-25)29(38)36(26-22(39-2)5-4-6-23(26)40-3)27(34-16)17-7-9-20(31)10-8-17/h4-5,7-10,13-14,16,18,23,37H,6,11-12,15H2,1-3H3. The van der Waals surface area contributed by atoms with E-state index in [9.17, 15) is 18.7 Å². The molecule has 1 aliphatic carbocycles. The van der Waals surface area contributed by atoms with E-state index in [2.05, 4.69) is 4.98 Å². The van der Waals surface area contributed by atoms with Gasteiger partial charge in [0.2, 0.25) is 0 Å². The van der Waals surface area contributed by atoms with Crippen molar-refractivity contribution in [2.75, 3.05) is 27.3 Å². The van der Waals surface area contributed by atoms with Gasteiger partial charge in [-0.3, -0.25) is 19.7 Å². The number of likely N-dealkylation sites (tertiary alicyclic amines) is 1. The average Bonchev–Trinajstić information content (AvgIpc) is 3.43. The van der Waals surface area contributed by atoms with Crippen LogP contribution < -0.4 is 0 Å². The fraction of sp³-hybridized carbons (Fsp3) is 0.345. The predicted octanol–water partition coefficient (Wildman–Crippen LogP) is 5.08. The molecular weight excluding hydrogens is 542 g/mol. The zero-order valence-corrected chi connectivity index (χ0v) is 23.0. The summed E-state index contributed by atoms with van der Waals surface area (Å²) in [4.78, 5) is 26.3. The highest BCUT2D eigenvalue weighted by Gasteiger charge is 2.42. The van der Waals surface area contributed by atoms with Gasteiger partial charge in [-0.1, -0.05) is 17.7 Å². The molecule has 1 aromatic carbocycles. The summed E-state index contributed by atoms with van der Waals surface area (Å²) in [6.45, 7) is 2.34. The predicted molar refractivity (Wildman–Crippen MR) is 146 cm³/mol. The number of hydrogen-bond donors (Lipinski definition) is 1. The first-order valence-corrected chi connectivity index (χ1v) is 13.3. The molecule has 3 heterocycles. The van der Waals surface area contributed by atoms with Crippen LogP contribution in [-0.4, -0.2) is 71.1 Å². The van der Waals surface area contributed by atoms with Crippen LogP contribution in [0, 0.1) is 11.6 Å². The highest BCUT2D eigenvalue weighted by Crippen LogP contribution is 2.36. The van der Waals surface area contributed by atoms with Crippen LogP contribution in [0.1, 0.15) is 36.9 Å². The number of methoxy groups -OCH3 is 2. The van der Waals surface area contributed by atoms with E-state index in [4.69, 9.17) is 26.1 Å². The molecule has 5 rings (SSSR count). The number of amidine groups is 1. The van der Waals surface area contributed by atoms with Gasteiger partial charge < -0.3 is 19.5 Å². The molecule has 2 aliphatic heterocycles. The van der Waals surface area contributed by atoms with E-state index in [1.165, 1.54) is 43.5 Å². The second-order valence-corrected chi connectivity index (χ2v) is 10.2. The van der Waals surface area contributed by atoms with Crippen LogP contribution in [0.5, 0.6) is 0 Å². The highest BCUT2D eigenvalue weighted by atomic mass is 35.5. The number of amides is 1. The van der Waals surface area contributed by atoms with Gasteiger partial charge in [-0.15, -0.1) is 0 Å².